The SMILES string of the molecule is CCNC(=NCc1ccc(CN2CCCC2=O)cc1)N1CCC(C(=O)OCC)CC1.I. The van der Waals surface area contributed by atoms with Crippen LogP contribution < -0.4 is 5.32 Å². The van der Waals surface area contributed by atoms with Crippen molar-refractivity contribution in [2.24, 2.45) is 10.9 Å². The molecule has 2 aliphatic rings. The van der Waals surface area contributed by atoms with Gasteiger partial charge < -0.3 is 19.9 Å². The third-order valence-electron chi connectivity index (χ3n) is 5.73. The number of hydrogen-bond donors (Lipinski definition) is 1. The van der Waals surface area contributed by atoms with Crippen LogP contribution in [0.1, 0.15) is 50.7 Å². The molecule has 2 aliphatic heterocycles. The summed E-state index contributed by atoms with van der Waals surface area (Å²) in [6.45, 7) is 8.93. The van der Waals surface area contributed by atoms with E-state index in [-0.39, 0.29) is 41.8 Å². The number of hydrogen-bond acceptors (Lipinski definition) is 4. The second-order valence-electron chi connectivity index (χ2n) is 7.92. The van der Waals surface area contributed by atoms with E-state index in [1.54, 1.807) is 0 Å². The van der Waals surface area contributed by atoms with Crippen molar-refractivity contribution >= 4 is 41.8 Å². The molecule has 0 aromatic heterocycles. The molecule has 0 spiro atoms. The Bertz CT molecular complexity index is 746. The van der Waals surface area contributed by atoms with Gasteiger partial charge in [0.1, 0.15) is 0 Å². The molecule has 1 N–H and O–H groups in total. The van der Waals surface area contributed by atoms with Crippen LogP contribution in [0.4, 0.5) is 0 Å². The summed E-state index contributed by atoms with van der Waals surface area (Å²) in [6.07, 6.45) is 3.24. The number of esters is 1. The molecule has 0 radical (unpaired) electrons. The number of nitrogens with one attached hydrogen (secondary N) is 1. The Balaban J connectivity index is 0.00000341. The van der Waals surface area contributed by atoms with Gasteiger partial charge in [-0.05, 0) is 44.2 Å². The minimum absolute atomic E-state index is 0. The molecule has 7 nitrogen and oxygen atoms in total. The quantitative estimate of drug-likeness (QED) is 0.248. The first-order valence-corrected chi connectivity index (χ1v) is 11.2. The molecule has 0 bridgehead atoms. The molecular formula is C23H35IN4O3. The Labute approximate surface area is 202 Å². The summed E-state index contributed by atoms with van der Waals surface area (Å²) in [5.41, 5.74) is 2.30. The summed E-state index contributed by atoms with van der Waals surface area (Å²) in [7, 11) is 0. The average molecular weight is 542 g/mol. The van der Waals surface area contributed by atoms with E-state index in [1.807, 2.05) is 11.8 Å². The van der Waals surface area contributed by atoms with E-state index in [0.717, 1.165) is 62.5 Å². The fourth-order valence-electron chi connectivity index (χ4n) is 4.02. The fourth-order valence-corrected chi connectivity index (χ4v) is 4.02. The molecule has 8 heteroatoms. The highest BCUT2D eigenvalue weighted by molar-refractivity contribution is 14.0. The van der Waals surface area contributed by atoms with E-state index in [0.29, 0.717) is 26.1 Å². The van der Waals surface area contributed by atoms with Crippen molar-refractivity contribution in [3.8, 4) is 0 Å². The molecule has 1 amide bonds. The van der Waals surface area contributed by atoms with Gasteiger partial charge in [-0.1, -0.05) is 24.3 Å². The van der Waals surface area contributed by atoms with Crippen LogP contribution in [0.15, 0.2) is 29.3 Å². The maximum absolute atomic E-state index is 12.0. The predicted octanol–water partition coefficient (Wildman–Crippen LogP) is 3.17. The lowest BCUT2D eigenvalue weighted by Crippen LogP contribution is -2.46. The highest BCUT2D eigenvalue weighted by Gasteiger charge is 2.27. The third-order valence-corrected chi connectivity index (χ3v) is 5.73. The lowest BCUT2D eigenvalue weighted by atomic mass is 9.97. The number of guanidine groups is 1. The Hall–Kier alpha value is -1.84. The number of amides is 1. The summed E-state index contributed by atoms with van der Waals surface area (Å²) >= 11 is 0. The van der Waals surface area contributed by atoms with E-state index >= 15 is 0 Å². The van der Waals surface area contributed by atoms with Gasteiger partial charge in [0, 0.05) is 39.1 Å². The highest BCUT2D eigenvalue weighted by Crippen LogP contribution is 2.19. The van der Waals surface area contributed by atoms with Crippen molar-refractivity contribution in [2.75, 3.05) is 32.8 Å². The predicted molar refractivity (Wildman–Crippen MR) is 132 cm³/mol. The average Bonchev–Trinajstić information content (AvgIpc) is 3.17. The number of carbonyl (C=O) groups is 2. The van der Waals surface area contributed by atoms with Gasteiger partial charge in [-0.25, -0.2) is 4.99 Å². The minimum Gasteiger partial charge on any atom is -0.466 e. The van der Waals surface area contributed by atoms with Gasteiger partial charge in [-0.3, -0.25) is 9.59 Å². The number of nitrogens with zero attached hydrogens (tertiary/aromatic N) is 3. The number of rotatable bonds is 7. The standard InChI is InChI=1S/C23H34N4O3.HI/c1-3-24-23(26-14-11-20(12-15-26)22(29)30-4-2)25-16-18-7-9-19(10-8-18)17-27-13-5-6-21(27)28;/h7-10,20H,3-6,11-17H2,1-2H3,(H,24,25);1H. The fraction of sp³-hybridized carbons (Fsp3) is 0.609. The Morgan fingerprint density at radius 1 is 1.13 bits per heavy atom. The molecular weight excluding hydrogens is 507 g/mol. The summed E-state index contributed by atoms with van der Waals surface area (Å²) in [5.74, 6) is 1.08. The first-order chi connectivity index (χ1) is 14.6. The van der Waals surface area contributed by atoms with Crippen LogP contribution in [0.5, 0.6) is 0 Å². The first-order valence-electron chi connectivity index (χ1n) is 11.2. The van der Waals surface area contributed by atoms with Gasteiger partial charge in [0.15, 0.2) is 5.96 Å². The zero-order valence-corrected chi connectivity index (χ0v) is 21.0. The Morgan fingerprint density at radius 2 is 1.81 bits per heavy atom. The molecule has 0 saturated carbocycles. The molecule has 2 fully saturated rings. The molecule has 0 atom stereocenters. The van der Waals surface area contributed by atoms with E-state index < -0.39 is 0 Å². The van der Waals surface area contributed by atoms with E-state index in [2.05, 4.69) is 41.4 Å². The molecule has 1 aromatic carbocycles. The van der Waals surface area contributed by atoms with Crippen LogP contribution in [-0.2, 0) is 27.4 Å². The lowest BCUT2D eigenvalue weighted by molar-refractivity contribution is -0.149. The zero-order valence-electron chi connectivity index (χ0n) is 18.6. The summed E-state index contributed by atoms with van der Waals surface area (Å²) in [4.78, 5) is 32.7. The molecule has 2 saturated heterocycles. The second kappa shape index (κ2) is 12.9. The van der Waals surface area contributed by atoms with Gasteiger partial charge in [0.05, 0.1) is 19.1 Å². The summed E-state index contributed by atoms with van der Waals surface area (Å²) in [6, 6.07) is 8.37. The lowest BCUT2D eigenvalue weighted by Gasteiger charge is -2.33. The van der Waals surface area contributed by atoms with Crippen molar-refractivity contribution < 1.29 is 14.3 Å². The number of halogens is 1. The van der Waals surface area contributed by atoms with Crippen LogP contribution in [0.3, 0.4) is 0 Å². The summed E-state index contributed by atoms with van der Waals surface area (Å²) < 4.78 is 5.16. The van der Waals surface area contributed by atoms with Crippen molar-refractivity contribution in [1.29, 1.82) is 0 Å². The van der Waals surface area contributed by atoms with Crippen LogP contribution in [-0.4, -0.2) is 60.4 Å². The maximum atomic E-state index is 12.0. The number of carbonyl (C=O) groups excluding carboxylic acids is 2. The Morgan fingerprint density at radius 3 is 2.39 bits per heavy atom. The zero-order chi connectivity index (χ0) is 21.3. The van der Waals surface area contributed by atoms with Crippen molar-refractivity contribution in [2.45, 2.75) is 52.6 Å². The Kier molecular flexibility index (Phi) is 10.6. The summed E-state index contributed by atoms with van der Waals surface area (Å²) in [5, 5.41) is 3.37. The van der Waals surface area contributed by atoms with Crippen molar-refractivity contribution in [3.63, 3.8) is 0 Å². The molecule has 172 valence electrons. The van der Waals surface area contributed by atoms with Crippen LogP contribution in [0, 0.1) is 5.92 Å². The molecule has 3 rings (SSSR count). The van der Waals surface area contributed by atoms with Crippen molar-refractivity contribution in [1.82, 2.24) is 15.1 Å². The first kappa shape index (κ1) is 25.4. The number of benzene rings is 1. The normalized spacial score (nSPS) is 17.5. The second-order valence-corrected chi connectivity index (χ2v) is 7.92. The molecule has 0 aliphatic carbocycles. The van der Waals surface area contributed by atoms with Crippen LogP contribution in [0.25, 0.3) is 0 Å². The van der Waals surface area contributed by atoms with Crippen molar-refractivity contribution in [3.05, 3.63) is 35.4 Å². The van der Waals surface area contributed by atoms with E-state index in [4.69, 9.17) is 9.73 Å². The number of piperidine rings is 1. The smallest absolute Gasteiger partial charge is 0.309 e. The van der Waals surface area contributed by atoms with Gasteiger partial charge in [0.25, 0.3) is 0 Å². The molecule has 31 heavy (non-hydrogen) atoms. The highest BCUT2D eigenvalue weighted by atomic mass is 127. The number of likely N-dealkylation sites (tertiary alicyclic amines) is 2. The van der Waals surface area contributed by atoms with Gasteiger partial charge in [0.2, 0.25) is 5.91 Å². The topological polar surface area (TPSA) is 74.2 Å². The minimum atomic E-state index is -0.0743. The molecule has 2 heterocycles. The monoisotopic (exact) mass is 542 g/mol. The number of aliphatic imine (C=N–C) groups is 1. The maximum Gasteiger partial charge on any atom is 0.309 e. The number of ether oxygens (including phenoxy) is 1. The van der Waals surface area contributed by atoms with Crippen LogP contribution >= 0.6 is 24.0 Å². The third kappa shape index (κ3) is 7.36. The van der Waals surface area contributed by atoms with Gasteiger partial charge in [-0.2, -0.15) is 0 Å². The molecule has 1 aromatic rings. The van der Waals surface area contributed by atoms with Gasteiger partial charge in [-0.15, -0.1) is 24.0 Å². The molecule has 0 unspecified atom stereocenters. The van der Waals surface area contributed by atoms with E-state index in [1.165, 1.54) is 0 Å². The van der Waals surface area contributed by atoms with Crippen LogP contribution in [0.2, 0.25) is 0 Å². The largest absolute Gasteiger partial charge is 0.466 e. The van der Waals surface area contributed by atoms with E-state index in [9.17, 15) is 9.59 Å². The van der Waals surface area contributed by atoms with Gasteiger partial charge >= 0.3 is 5.97 Å².